The molecule has 0 N–H and O–H groups in total. The predicted octanol–water partition coefficient (Wildman–Crippen LogP) is 2.12. The van der Waals surface area contributed by atoms with Gasteiger partial charge in [0.25, 0.3) is 11.7 Å². The molecule has 1 atom stereocenters. The van der Waals surface area contributed by atoms with Crippen molar-refractivity contribution in [2.24, 2.45) is 0 Å². The van der Waals surface area contributed by atoms with E-state index < -0.39 is 6.10 Å². The number of rotatable bonds is 6. The summed E-state index contributed by atoms with van der Waals surface area (Å²) in [5, 5.41) is 8.43. The molecule has 0 saturated carbocycles. The quantitative estimate of drug-likeness (QED) is 0.599. The Morgan fingerprint density at radius 3 is 2.52 bits per heavy atom. The Morgan fingerprint density at radius 1 is 1.13 bits per heavy atom. The molecule has 0 bridgehead atoms. The molecule has 3 aromatic rings. The molecule has 3 heterocycles. The molecule has 31 heavy (non-hydrogen) atoms. The molecule has 164 valence electrons. The molecule has 0 aliphatic carbocycles. The fourth-order valence-electron chi connectivity index (χ4n) is 3.89. The van der Waals surface area contributed by atoms with Crippen LogP contribution in [0.25, 0.3) is 5.78 Å². The van der Waals surface area contributed by atoms with Gasteiger partial charge in [-0.2, -0.15) is 4.98 Å². The zero-order valence-electron chi connectivity index (χ0n) is 18.4. The zero-order chi connectivity index (χ0) is 22.0. The maximum absolute atomic E-state index is 12.9. The molecule has 1 aliphatic heterocycles. The normalized spacial score (nSPS) is 15.2. The first-order valence-corrected chi connectivity index (χ1v) is 10.6. The lowest BCUT2D eigenvalue weighted by Crippen LogP contribution is -2.52. The van der Waals surface area contributed by atoms with Gasteiger partial charge in [-0.25, -0.2) is 0 Å². The van der Waals surface area contributed by atoms with Crippen molar-refractivity contribution < 1.29 is 14.3 Å². The topological polar surface area (TPSA) is 85.1 Å². The number of carbonyl (C=O) groups excluding carboxylic acids is 1. The van der Waals surface area contributed by atoms with Gasteiger partial charge in [0, 0.05) is 44.4 Å². The molecule has 1 fully saturated rings. The van der Waals surface area contributed by atoms with Crippen LogP contribution in [0.4, 0.5) is 5.82 Å². The number of fused-ring (bicyclic) bond motifs is 1. The molecule has 1 amide bonds. The van der Waals surface area contributed by atoms with Crippen molar-refractivity contribution in [2.45, 2.75) is 33.3 Å². The van der Waals surface area contributed by atoms with Crippen molar-refractivity contribution in [1.82, 2.24) is 24.5 Å². The second-order valence-corrected chi connectivity index (χ2v) is 7.58. The lowest BCUT2D eigenvalue weighted by Gasteiger charge is -2.36. The molecular weight excluding hydrogens is 396 g/mol. The van der Waals surface area contributed by atoms with Crippen LogP contribution in [-0.4, -0.2) is 69.8 Å². The number of piperazine rings is 1. The van der Waals surface area contributed by atoms with Gasteiger partial charge in [0.2, 0.25) is 0 Å². The van der Waals surface area contributed by atoms with Crippen LogP contribution < -0.4 is 14.4 Å². The summed E-state index contributed by atoms with van der Waals surface area (Å²) in [5.74, 6) is 3.54. The molecular formula is C22H28N6O3. The van der Waals surface area contributed by atoms with E-state index in [1.807, 2.05) is 34.4 Å². The highest BCUT2D eigenvalue weighted by atomic mass is 16.5. The van der Waals surface area contributed by atoms with Gasteiger partial charge in [0.15, 0.2) is 17.6 Å². The number of amides is 1. The molecule has 0 spiro atoms. The number of methoxy groups -OCH3 is 1. The fraction of sp³-hybridized carbons (Fsp3) is 0.455. The number of hydrogen-bond acceptors (Lipinski definition) is 7. The van der Waals surface area contributed by atoms with Crippen LogP contribution in [0.5, 0.6) is 11.5 Å². The fourth-order valence-corrected chi connectivity index (χ4v) is 3.89. The van der Waals surface area contributed by atoms with E-state index in [0.717, 1.165) is 23.8 Å². The number of anilines is 1. The van der Waals surface area contributed by atoms with Gasteiger partial charge < -0.3 is 19.3 Å². The molecule has 2 aromatic heterocycles. The molecule has 1 aliphatic rings. The highest BCUT2D eigenvalue weighted by Crippen LogP contribution is 2.27. The van der Waals surface area contributed by atoms with Crippen molar-refractivity contribution in [1.29, 1.82) is 0 Å². The lowest BCUT2D eigenvalue weighted by molar-refractivity contribution is -0.138. The standard InChI is InChI=1S/C22H28N6O3/c1-5-19-24-25-22-23-20(14-15(2)28(19)22)26-10-12-27(13-11-26)21(29)16(3)31-18-9-7-6-8-17(18)30-4/h6-9,14,16H,5,10-13H2,1-4H3/t16-/m1/s1. The van der Waals surface area contributed by atoms with Gasteiger partial charge in [-0.15, -0.1) is 10.2 Å². The number of aryl methyl sites for hydroxylation is 2. The van der Waals surface area contributed by atoms with Crippen LogP contribution >= 0.6 is 0 Å². The average molecular weight is 425 g/mol. The van der Waals surface area contributed by atoms with E-state index in [-0.39, 0.29) is 5.91 Å². The highest BCUT2D eigenvalue weighted by Gasteiger charge is 2.27. The van der Waals surface area contributed by atoms with Gasteiger partial charge in [-0.1, -0.05) is 19.1 Å². The maximum Gasteiger partial charge on any atom is 0.263 e. The number of nitrogens with zero attached hydrogens (tertiary/aromatic N) is 6. The van der Waals surface area contributed by atoms with E-state index in [1.165, 1.54) is 0 Å². The molecule has 0 radical (unpaired) electrons. The third-order valence-corrected chi connectivity index (χ3v) is 5.57. The van der Waals surface area contributed by atoms with Crippen molar-refractivity contribution >= 4 is 17.5 Å². The lowest BCUT2D eigenvalue weighted by atomic mass is 10.2. The van der Waals surface area contributed by atoms with Gasteiger partial charge in [0.05, 0.1) is 7.11 Å². The van der Waals surface area contributed by atoms with Crippen molar-refractivity contribution in [3.63, 3.8) is 0 Å². The van der Waals surface area contributed by atoms with Crippen LogP contribution in [-0.2, 0) is 11.2 Å². The van der Waals surface area contributed by atoms with Gasteiger partial charge in [-0.3, -0.25) is 9.20 Å². The highest BCUT2D eigenvalue weighted by molar-refractivity contribution is 5.81. The smallest absolute Gasteiger partial charge is 0.263 e. The van der Waals surface area contributed by atoms with Crippen LogP contribution in [0.3, 0.4) is 0 Å². The third-order valence-electron chi connectivity index (χ3n) is 5.57. The number of carbonyl (C=O) groups is 1. The van der Waals surface area contributed by atoms with Crippen molar-refractivity contribution in [3.05, 3.63) is 41.9 Å². The number of para-hydroxylation sites is 2. The van der Waals surface area contributed by atoms with E-state index in [2.05, 4.69) is 33.1 Å². The Hall–Kier alpha value is -3.36. The van der Waals surface area contributed by atoms with E-state index in [9.17, 15) is 4.79 Å². The van der Waals surface area contributed by atoms with E-state index >= 15 is 0 Å². The van der Waals surface area contributed by atoms with Gasteiger partial charge >= 0.3 is 0 Å². The van der Waals surface area contributed by atoms with Crippen LogP contribution in [0.1, 0.15) is 25.4 Å². The summed E-state index contributed by atoms with van der Waals surface area (Å²) in [6, 6.07) is 9.40. The third kappa shape index (κ3) is 4.12. The first kappa shape index (κ1) is 20.9. The number of ether oxygens (including phenoxy) is 2. The molecule has 9 heteroatoms. The minimum Gasteiger partial charge on any atom is -0.493 e. The Balaban J connectivity index is 1.40. The first-order chi connectivity index (χ1) is 15.0. The Labute approximate surface area is 181 Å². The average Bonchev–Trinajstić information content (AvgIpc) is 3.23. The molecule has 0 unspecified atom stereocenters. The summed E-state index contributed by atoms with van der Waals surface area (Å²) >= 11 is 0. The van der Waals surface area contributed by atoms with E-state index in [1.54, 1.807) is 20.1 Å². The Morgan fingerprint density at radius 2 is 1.84 bits per heavy atom. The minimum atomic E-state index is -0.594. The first-order valence-electron chi connectivity index (χ1n) is 10.6. The molecule has 4 rings (SSSR count). The number of benzene rings is 1. The van der Waals surface area contributed by atoms with Crippen LogP contribution in [0.2, 0.25) is 0 Å². The predicted molar refractivity (Wildman–Crippen MR) is 117 cm³/mol. The van der Waals surface area contributed by atoms with Gasteiger partial charge in [-0.05, 0) is 26.0 Å². The maximum atomic E-state index is 12.9. The second-order valence-electron chi connectivity index (χ2n) is 7.58. The van der Waals surface area contributed by atoms with Crippen LogP contribution in [0, 0.1) is 6.92 Å². The second kappa shape index (κ2) is 8.79. The van der Waals surface area contributed by atoms with E-state index in [4.69, 9.17) is 9.47 Å². The molecule has 9 nitrogen and oxygen atoms in total. The summed E-state index contributed by atoms with van der Waals surface area (Å²) in [6.45, 7) is 8.48. The largest absolute Gasteiger partial charge is 0.493 e. The van der Waals surface area contributed by atoms with Crippen molar-refractivity contribution in [3.8, 4) is 11.5 Å². The summed E-state index contributed by atoms with van der Waals surface area (Å²) in [5.41, 5.74) is 1.05. The molecule has 1 aromatic carbocycles. The summed E-state index contributed by atoms with van der Waals surface area (Å²) in [6.07, 6.45) is 0.210. The Kier molecular flexibility index (Phi) is 5.92. The summed E-state index contributed by atoms with van der Waals surface area (Å²) in [4.78, 5) is 21.6. The van der Waals surface area contributed by atoms with Gasteiger partial charge in [0.1, 0.15) is 11.6 Å². The SMILES string of the molecule is CCc1nnc2nc(N3CCN(C(=O)[C@@H](C)Oc4ccccc4OC)CC3)cc(C)n12. The number of aromatic nitrogens is 4. The summed E-state index contributed by atoms with van der Waals surface area (Å²) in [7, 11) is 1.59. The van der Waals surface area contributed by atoms with Crippen molar-refractivity contribution in [2.75, 3.05) is 38.2 Å². The number of hydrogen-bond donors (Lipinski definition) is 0. The monoisotopic (exact) mass is 424 g/mol. The minimum absolute atomic E-state index is 0.0322. The summed E-state index contributed by atoms with van der Waals surface area (Å²) < 4.78 is 13.2. The Bertz CT molecular complexity index is 1070. The molecule has 1 saturated heterocycles. The van der Waals surface area contributed by atoms with Crippen LogP contribution in [0.15, 0.2) is 30.3 Å². The van der Waals surface area contributed by atoms with E-state index in [0.29, 0.717) is 43.5 Å². The zero-order valence-corrected chi connectivity index (χ0v) is 18.4.